The Morgan fingerprint density at radius 1 is 1.69 bits per heavy atom. The van der Waals surface area contributed by atoms with Crippen molar-refractivity contribution >= 4 is 12.4 Å². The summed E-state index contributed by atoms with van der Waals surface area (Å²) in [5.74, 6) is 0. The van der Waals surface area contributed by atoms with Gasteiger partial charge in [-0.1, -0.05) is 0 Å². The summed E-state index contributed by atoms with van der Waals surface area (Å²) >= 11 is 0. The first-order chi connectivity index (χ1) is 5.68. The predicted molar refractivity (Wildman–Crippen MR) is 54.1 cm³/mol. The van der Waals surface area contributed by atoms with Crippen molar-refractivity contribution in [2.75, 3.05) is 0 Å². The molecule has 74 valence electrons. The number of rotatable bonds is 3. The van der Waals surface area contributed by atoms with E-state index in [0.29, 0.717) is 0 Å². The minimum absolute atomic E-state index is 0. The van der Waals surface area contributed by atoms with Gasteiger partial charge in [0.2, 0.25) is 0 Å². The van der Waals surface area contributed by atoms with E-state index < -0.39 is 0 Å². The highest BCUT2D eigenvalue weighted by atomic mass is 35.5. The Bertz CT molecular complexity index is 297. The number of nitrogens with two attached hydrogens (primary N) is 1. The first-order valence-corrected chi connectivity index (χ1v) is 3.97. The lowest BCUT2D eigenvalue weighted by Crippen LogP contribution is -2.16. The summed E-state index contributed by atoms with van der Waals surface area (Å²) < 4.78 is 0. The molecule has 1 heterocycles. The van der Waals surface area contributed by atoms with Gasteiger partial charge < -0.3 is 10.7 Å². The Morgan fingerprint density at radius 2 is 2.38 bits per heavy atom. The average molecular weight is 204 g/mol. The maximum Gasteiger partial charge on any atom is 0.250 e. The molecule has 1 rings (SSSR count). The number of hydrogen-bond donors (Lipinski definition) is 2. The van der Waals surface area contributed by atoms with Crippen LogP contribution in [0.25, 0.3) is 0 Å². The Labute approximate surface area is 83.0 Å². The van der Waals surface area contributed by atoms with Crippen molar-refractivity contribution in [2.45, 2.75) is 25.8 Å². The van der Waals surface area contributed by atoms with Crippen molar-refractivity contribution in [3.8, 4) is 0 Å². The third kappa shape index (κ3) is 4.65. The van der Waals surface area contributed by atoms with Crippen LogP contribution in [0.4, 0.5) is 0 Å². The smallest absolute Gasteiger partial charge is 0.250 e. The van der Waals surface area contributed by atoms with Gasteiger partial charge in [-0.05, 0) is 19.8 Å². The van der Waals surface area contributed by atoms with Gasteiger partial charge in [0.15, 0.2) is 0 Å². The molecule has 0 fully saturated rings. The zero-order valence-electron chi connectivity index (χ0n) is 7.49. The van der Waals surface area contributed by atoms with Crippen LogP contribution in [0.1, 0.15) is 19.0 Å². The Hall–Kier alpha value is -0.870. The van der Waals surface area contributed by atoms with E-state index in [2.05, 4.69) is 9.97 Å². The molecule has 13 heavy (non-hydrogen) atoms. The summed E-state index contributed by atoms with van der Waals surface area (Å²) in [5, 5.41) is 0. The second kappa shape index (κ2) is 5.72. The lowest BCUT2D eigenvalue weighted by molar-refractivity contribution is 0.656. The summed E-state index contributed by atoms with van der Waals surface area (Å²) in [5.41, 5.74) is 6.26. The van der Waals surface area contributed by atoms with Crippen LogP contribution in [0.3, 0.4) is 0 Å². The highest BCUT2D eigenvalue weighted by molar-refractivity contribution is 5.85. The van der Waals surface area contributed by atoms with Crippen LogP contribution in [0, 0.1) is 0 Å². The summed E-state index contributed by atoms with van der Waals surface area (Å²) in [6.45, 7) is 1.94. The average Bonchev–Trinajstić information content (AvgIpc) is 2.01. The minimum Gasteiger partial charge on any atom is -0.328 e. The number of aromatic amines is 1. The highest BCUT2D eigenvalue weighted by Gasteiger charge is 1.97. The summed E-state index contributed by atoms with van der Waals surface area (Å²) in [6.07, 6.45) is 3.04. The molecular formula is C8H14ClN3O. The van der Waals surface area contributed by atoms with Crippen molar-refractivity contribution in [1.82, 2.24) is 9.97 Å². The number of nitrogens with zero attached hydrogens (tertiary/aromatic N) is 1. The van der Waals surface area contributed by atoms with Crippen molar-refractivity contribution in [2.24, 2.45) is 5.73 Å². The molecule has 0 bridgehead atoms. The third-order valence-electron chi connectivity index (χ3n) is 1.59. The maximum absolute atomic E-state index is 10.8. The Balaban J connectivity index is 0.00000144. The van der Waals surface area contributed by atoms with Gasteiger partial charge in [0.25, 0.3) is 5.56 Å². The maximum atomic E-state index is 10.8. The molecule has 1 atom stereocenters. The van der Waals surface area contributed by atoms with Crippen molar-refractivity contribution in [1.29, 1.82) is 0 Å². The number of aromatic nitrogens is 2. The lowest BCUT2D eigenvalue weighted by atomic mass is 10.1. The molecule has 0 amide bonds. The fraction of sp³-hybridized carbons (Fsp3) is 0.500. The molecule has 5 heteroatoms. The second-order valence-electron chi connectivity index (χ2n) is 2.92. The largest absolute Gasteiger partial charge is 0.328 e. The van der Waals surface area contributed by atoms with Crippen LogP contribution in [0.5, 0.6) is 0 Å². The SMILES string of the molecule is C[C@@H](N)CCc1cc(=O)[nH]cn1.Cl. The van der Waals surface area contributed by atoms with Crippen LogP contribution < -0.4 is 11.3 Å². The van der Waals surface area contributed by atoms with E-state index in [0.717, 1.165) is 18.5 Å². The molecular weight excluding hydrogens is 190 g/mol. The summed E-state index contributed by atoms with van der Waals surface area (Å²) in [7, 11) is 0. The van der Waals surface area contributed by atoms with Gasteiger partial charge in [0.1, 0.15) is 0 Å². The first kappa shape index (κ1) is 12.1. The van der Waals surface area contributed by atoms with Crippen LogP contribution in [-0.2, 0) is 6.42 Å². The zero-order valence-corrected chi connectivity index (χ0v) is 8.30. The van der Waals surface area contributed by atoms with E-state index in [1.807, 2.05) is 6.92 Å². The molecule has 3 N–H and O–H groups in total. The third-order valence-corrected chi connectivity index (χ3v) is 1.59. The highest BCUT2D eigenvalue weighted by Crippen LogP contribution is 1.96. The van der Waals surface area contributed by atoms with Crippen LogP contribution in [0.2, 0.25) is 0 Å². The van der Waals surface area contributed by atoms with Crippen molar-refractivity contribution in [3.05, 3.63) is 28.4 Å². The summed E-state index contributed by atoms with van der Waals surface area (Å²) in [4.78, 5) is 17.3. The number of nitrogens with one attached hydrogen (secondary N) is 1. The second-order valence-corrected chi connectivity index (χ2v) is 2.92. The molecule has 0 unspecified atom stereocenters. The van der Waals surface area contributed by atoms with Gasteiger partial charge in [0.05, 0.1) is 6.33 Å². The van der Waals surface area contributed by atoms with E-state index in [1.54, 1.807) is 0 Å². The number of H-pyrrole nitrogens is 1. The van der Waals surface area contributed by atoms with Gasteiger partial charge in [-0.25, -0.2) is 4.98 Å². The molecule has 0 spiro atoms. The zero-order chi connectivity index (χ0) is 8.97. The van der Waals surface area contributed by atoms with Gasteiger partial charge in [-0.3, -0.25) is 4.79 Å². The number of hydrogen-bond acceptors (Lipinski definition) is 3. The normalized spacial score (nSPS) is 11.8. The number of aryl methyl sites for hydroxylation is 1. The minimum atomic E-state index is -0.107. The molecule has 0 aromatic carbocycles. The topological polar surface area (TPSA) is 71.8 Å². The van der Waals surface area contributed by atoms with E-state index in [1.165, 1.54) is 12.4 Å². The van der Waals surface area contributed by atoms with Crippen LogP contribution in [0.15, 0.2) is 17.2 Å². The van der Waals surface area contributed by atoms with E-state index in [4.69, 9.17) is 5.73 Å². The van der Waals surface area contributed by atoms with E-state index in [-0.39, 0.29) is 24.0 Å². The molecule has 4 nitrogen and oxygen atoms in total. The first-order valence-electron chi connectivity index (χ1n) is 3.97. The fourth-order valence-corrected chi connectivity index (χ4v) is 0.921. The number of halogens is 1. The predicted octanol–water partition coefficient (Wildman–Crippen LogP) is 0.472. The van der Waals surface area contributed by atoms with Gasteiger partial charge in [0, 0.05) is 17.8 Å². The standard InChI is InChI=1S/C8H13N3O.ClH/c1-6(9)2-3-7-4-8(12)11-5-10-7;/h4-6H,2-3,9H2,1H3,(H,10,11,12);1H/t6-;/m1./s1. The molecule has 0 aliphatic rings. The molecule has 0 aliphatic heterocycles. The molecule has 0 aliphatic carbocycles. The Morgan fingerprint density at radius 3 is 2.92 bits per heavy atom. The molecule has 1 aromatic heterocycles. The monoisotopic (exact) mass is 203 g/mol. The lowest BCUT2D eigenvalue weighted by Gasteiger charge is -2.02. The fourth-order valence-electron chi connectivity index (χ4n) is 0.921. The van der Waals surface area contributed by atoms with Gasteiger partial charge in [-0.15, -0.1) is 12.4 Å². The van der Waals surface area contributed by atoms with Crippen molar-refractivity contribution < 1.29 is 0 Å². The van der Waals surface area contributed by atoms with Crippen LogP contribution in [-0.4, -0.2) is 16.0 Å². The van der Waals surface area contributed by atoms with Crippen molar-refractivity contribution in [3.63, 3.8) is 0 Å². The molecule has 0 saturated carbocycles. The molecule has 0 saturated heterocycles. The van der Waals surface area contributed by atoms with Crippen LogP contribution >= 0.6 is 12.4 Å². The molecule has 0 radical (unpaired) electrons. The van der Waals surface area contributed by atoms with E-state index in [9.17, 15) is 4.79 Å². The van der Waals surface area contributed by atoms with E-state index >= 15 is 0 Å². The quantitative estimate of drug-likeness (QED) is 0.750. The van der Waals surface area contributed by atoms with Gasteiger partial charge >= 0.3 is 0 Å². The Kier molecular flexibility index (Phi) is 5.34. The summed E-state index contributed by atoms with van der Waals surface area (Å²) in [6, 6.07) is 1.66. The van der Waals surface area contributed by atoms with Gasteiger partial charge in [-0.2, -0.15) is 0 Å². The molecule has 1 aromatic rings.